The first kappa shape index (κ1) is 34.5. The summed E-state index contributed by atoms with van der Waals surface area (Å²) in [6.45, 7) is 14.9. The molecule has 1 aliphatic rings. The van der Waals surface area contributed by atoms with E-state index in [1.165, 1.54) is 28.4 Å². The first-order chi connectivity index (χ1) is 18.5. The van der Waals surface area contributed by atoms with Crippen molar-refractivity contribution in [2.45, 2.75) is 26.7 Å². The van der Waals surface area contributed by atoms with Crippen molar-refractivity contribution in [2.24, 2.45) is 17.3 Å². The number of esters is 4. The molecule has 0 radical (unpaired) electrons. The Bertz CT molecular complexity index is 812. The predicted octanol–water partition coefficient (Wildman–Crippen LogP) is 0.0702. The van der Waals surface area contributed by atoms with E-state index < -0.39 is 23.2 Å². The Morgan fingerprint density at radius 2 is 1.23 bits per heavy atom. The van der Waals surface area contributed by atoms with E-state index in [9.17, 15) is 19.2 Å². The summed E-state index contributed by atoms with van der Waals surface area (Å²) in [5, 5.41) is 6.63. The average Bonchev–Trinajstić information content (AvgIpc) is 2.94. The van der Waals surface area contributed by atoms with Gasteiger partial charge in [-0.15, -0.1) is 0 Å². The van der Waals surface area contributed by atoms with Crippen LogP contribution in [0.5, 0.6) is 0 Å². The van der Waals surface area contributed by atoms with E-state index in [0.717, 1.165) is 45.8 Å². The Labute approximate surface area is 232 Å². The van der Waals surface area contributed by atoms with Gasteiger partial charge in [0.05, 0.1) is 45.7 Å². The highest BCUT2D eigenvalue weighted by molar-refractivity contribution is 5.88. The van der Waals surface area contributed by atoms with Gasteiger partial charge < -0.3 is 29.6 Å². The summed E-state index contributed by atoms with van der Waals surface area (Å²) in [7, 11) is 5.31. The lowest BCUT2D eigenvalue weighted by molar-refractivity contribution is -0.154. The van der Waals surface area contributed by atoms with E-state index in [0.29, 0.717) is 26.1 Å². The largest absolute Gasteiger partial charge is 0.469 e. The van der Waals surface area contributed by atoms with Gasteiger partial charge in [0, 0.05) is 71.0 Å². The SMILES string of the molecule is C=C(CC(CNCCN1CCN(CCNCC(CC(C)(C)C(=O)OC)C(=O)OC)CC1)C(=O)OC)C(=O)OC. The van der Waals surface area contributed by atoms with E-state index in [2.05, 4.69) is 31.7 Å². The summed E-state index contributed by atoms with van der Waals surface area (Å²) in [6, 6.07) is 0. The molecule has 1 saturated heterocycles. The van der Waals surface area contributed by atoms with Gasteiger partial charge in [-0.25, -0.2) is 4.79 Å². The molecule has 0 spiro atoms. The summed E-state index contributed by atoms with van der Waals surface area (Å²) in [6.07, 6.45) is 0.523. The second-order valence-electron chi connectivity index (χ2n) is 10.4. The van der Waals surface area contributed by atoms with E-state index in [-0.39, 0.29) is 29.9 Å². The third-order valence-electron chi connectivity index (χ3n) is 6.99. The lowest BCUT2D eigenvalue weighted by Crippen LogP contribution is -2.50. The second kappa shape index (κ2) is 17.9. The van der Waals surface area contributed by atoms with Crippen molar-refractivity contribution >= 4 is 23.9 Å². The van der Waals surface area contributed by atoms with Crippen LogP contribution >= 0.6 is 0 Å². The monoisotopic (exact) mass is 556 g/mol. The number of nitrogens with zero attached hydrogens (tertiary/aromatic N) is 2. The molecular weight excluding hydrogens is 508 g/mol. The molecular formula is C27H48N4O8. The van der Waals surface area contributed by atoms with Crippen LogP contribution < -0.4 is 10.6 Å². The number of nitrogens with one attached hydrogen (secondary N) is 2. The fourth-order valence-electron chi connectivity index (χ4n) is 4.58. The molecule has 1 rings (SSSR count). The van der Waals surface area contributed by atoms with Crippen molar-refractivity contribution in [1.29, 1.82) is 0 Å². The summed E-state index contributed by atoms with van der Waals surface area (Å²) in [4.78, 5) is 52.7. The molecule has 0 saturated carbocycles. The van der Waals surface area contributed by atoms with Crippen molar-refractivity contribution < 1.29 is 38.1 Å². The minimum atomic E-state index is -0.779. The van der Waals surface area contributed by atoms with Crippen LogP contribution in [0.25, 0.3) is 0 Å². The van der Waals surface area contributed by atoms with Gasteiger partial charge in [-0.05, 0) is 26.7 Å². The topological polar surface area (TPSA) is 136 Å². The molecule has 0 aromatic carbocycles. The van der Waals surface area contributed by atoms with E-state index in [4.69, 9.17) is 14.2 Å². The van der Waals surface area contributed by atoms with Gasteiger partial charge in [0.2, 0.25) is 0 Å². The molecule has 1 aliphatic heterocycles. The van der Waals surface area contributed by atoms with Crippen molar-refractivity contribution in [2.75, 3.05) is 93.9 Å². The highest BCUT2D eigenvalue weighted by Crippen LogP contribution is 2.27. The van der Waals surface area contributed by atoms with Gasteiger partial charge in [0.15, 0.2) is 0 Å². The maximum Gasteiger partial charge on any atom is 0.333 e. The van der Waals surface area contributed by atoms with Crippen molar-refractivity contribution in [1.82, 2.24) is 20.4 Å². The molecule has 2 atom stereocenters. The lowest BCUT2D eigenvalue weighted by atomic mass is 9.82. The number of rotatable bonds is 18. The van der Waals surface area contributed by atoms with Crippen LogP contribution in [0.15, 0.2) is 12.2 Å². The number of hydrogen-bond donors (Lipinski definition) is 2. The zero-order chi connectivity index (χ0) is 29.4. The highest BCUT2D eigenvalue weighted by Gasteiger charge is 2.35. The van der Waals surface area contributed by atoms with E-state index >= 15 is 0 Å². The second-order valence-corrected chi connectivity index (χ2v) is 10.4. The van der Waals surface area contributed by atoms with Crippen molar-refractivity contribution in [3.05, 3.63) is 12.2 Å². The molecule has 12 nitrogen and oxygen atoms in total. The number of carbonyl (C=O) groups is 4. The zero-order valence-electron chi connectivity index (χ0n) is 24.5. The minimum Gasteiger partial charge on any atom is -0.469 e. The predicted molar refractivity (Wildman–Crippen MR) is 146 cm³/mol. The molecule has 12 heteroatoms. The molecule has 2 N–H and O–H groups in total. The fourth-order valence-corrected chi connectivity index (χ4v) is 4.58. The van der Waals surface area contributed by atoms with Crippen molar-refractivity contribution in [3.63, 3.8) is 0 Å². The van der Waals surface area contributed by atoms with Gasteiger partial charge in [-0.1, -0.05) is 6.58 Å². The standard InChI is InChI=1S/C27H48N4O8/c1-20(23(32)36-4)16-21(24(33)37-5)18-28-8-10-30-12-14-31(15-13-30)11-9-29-19-22(25(34)38-6)17-27(2,3)26(35)39-7/h21-22,28-29H,1,8-19H2,2-7H3. The maximum atomic E-state index is 12.2. The van der Waals surface area contributed by atoms with Gasteiger partial charge in [-0.2, -0.15) is 0 Å². The van der Waals surface area contributed by atoms with Gasteiger partial charge in [0.1, 0.15) is 0 Å². The van der Waals surface area contributed by atoms with Gasteiger partial charge in [-0.3, -0.25) is 24.2 Å². The Morgan fingerprint density at radius 3 is 1.67 bits per heavy atom. The van der Waals surface area contributed by atoms with Gasteiger partial charge in [0.25, 0.3) is 0 Å². The Balaban J connectivity index is 2.33. The van der Waals surface area contributed by atoms with Crippen LogP contribution in [-0.2, 0) is 38.1 Å². The molecule has 0 aromatic rings. The number of methoxy groups -OCH3 is 4. The third-order valence-corrected chi connectivity index (χ3v) is 6.99. The highest BCUT2D eigenvalue weighted by atomic mass is 16.5. The fraction of sp³-hybridized carbons (Fsp3) is 0.778. The van der Waals surface area contributed by atoms with Crippen LogP contribution in [0.3, 0.4) is 0 Å². The number of hydrogen-bond acceptors (Lipinski definition) is 12. The number of ether oxygens (including phenoxy) is 4. The number of piperazine rings is 1. The minimum absolute atomic E-state index is 0.183. The Morgan fingerprint density at radius 1 is 0.769 bits per heavy atom. The smallest absolute Gasteiger partial charge is 0.333 e. The molecule has 2 unspecified atom stereocenters. The Kier molecular flexibility index (Phi) is 15.9. The molecule has 1 heterocycles. The maximum absolute atomic E-state index is 12.2. The molecule has 0 amide bonds. The molecule has 39 heavy (non-hydrogen) atoms. The third kappa shape index (κ3) is 12.5. The van der Waals surface area contributed by atoms with Crippen LogP contribution in [-0.4, -0.2) is 128 Å². The van der Waals surface area contributed by atoms with Crippen molar-refractivity contribution in [3.8, 4) is 0 Å². The quantitative estimate of drug-likeness (QED) is 0.102. The van der Waals surface area contributed by atoms with Gasteiger partial charge >= 0.3 is 23.9 Å². The van der Waals surface area contributed by atoms with Crippen LogP contribution in [0.4, 0.5) is 0 Å². The summed E-state index contributed by atoms with van der Waals surface area (Å²) >= 11 is 0. The van der Waals surface area contributed by atoms with Crippen LogP contribution in [0.1, 0.15) is 26.7 Å². The van der Waals surface area contributed by atoms with E-state index in [1.54, 1.807) is 13.8 Å². The summed E-state index contributed by atoms with van der Waals surface area (Å²) < 4.78 is 19.3. The zero-order valence-corrected chi connectivity index (χ0v) is 24.5. The average molecular weight is 557 g/mol. The first-order valence-corrected chi connectivity index (χ1v) is 13.3. The molecule has 224 valence electrons. The van der Waals surface area contributed by atoms with Crippen LogP contribution in [0, 0.1) is 17.3 Å². The summed E-state index contributed by atoms with van der Waals surface area (Å²) in [5.41, 5.74) is -0.538. The Hall–Kier alpha value is -2.54. The van der Waals surface area contributed by atoms with E-state index in [1.807, 2.05) is 0 Å². The molecule has 1 fully saturated rings. The lowest BCUT2D eigenvalue weighted by Gasteiger charge is -2.35. The normalized spacial score (nSPS) is 16.2. The molecule has 0 aromatic heterocycles. The first-order valence-electron chi connectivity index (χ1n) is 13.3. The molecule has 0 aliphatic carbocycles. The number of carbonyl (C=O) groups excluding carboxylic acids is 4. The summed E-state index contributed by atoms with van der Waals surface area (Å²) in [5.74, 6) is -2.55. The molecule has 0 bridgehead atoms. The van der Waals surface area contributed by atoms with Crippen LogP contribution in [0.2, 0.25) is 0 Å².